The molecule has 2 aromatic rings. The molecule has 3 amide bonds. The maximum Gasteiger partial charge on any atom is 0.407 e. The smallest absolute Gasteiger partial charge is 0.407 e. The third kappa shape index (κ3) is 15.8. The van der Waals surface area contributed by atoms with Crippen LogP contribution in [0.25, 0.3) is 11.1 Å². The van der Waals surface area contributed by atoms with Crippen molar-refractivity contribution in [2.75, 3.05) is 59.3 Å². The topological polar surface area (TPSA) is 188 Å². The first kappa shape index (κ1) is 41.9. The number of rotatable bonds is 24. The van der Waals surface area contributed by atoms with Crippen LogP contribution in [-0.2, 0) is 42.9 Å². The fourth-order valence-electron chi connectivity index (χ4n) is 5.43. The third-order valence-corrected chi connectivity index (χ3v) is 7.86. The van der Waals surface area contributed by atoms with Crippen LogP contribution in [0.5, 0.6) is 0 Å². The van der Waals surface area contributed by atoms with Crippen molar-refractivity contribution < 1.29 is 52.8 Å². The molecule has 2 aromatic carbocycles. The van der Waals surface area contributed by atoms with Gasteiger partial charge in [-0.05, 0) is 62.3 Å². The van der Waals surface area contributed by atoms with Gasteiger partial charge in [-0.25, -0.2) is 9.59 Å². The molecule has 0 saturated heterocycles. The quantitative estimate of drug-likeness (QED) is 0.0906. The van der Waals surface area contributed by atoms with E-state index in [1.165, 1.54) is 22.3 Å². The molecule has 0 radical (unpaired) electrons. The minimum absolute atomic E-state index is 0.0224. The molecule has 52 heavy (non-hydrogen) atoms. The average Bonchev–Trinajstić information content (AvgIpc) is 3.42. The van der Waals surface area contributed by atoms with Gasteiger partial charge in [-0.15, -0.1) is 0 Å². The maximum absolute atomic E-state index is 12.4. The maximum atomic E-state index is 12.4. The molecule has 0 heterocycles. The Labute approximate surface area is 305 Å². The Balaban J connectivity index is 1.11. The summed E-state index contributed by atoms with van der Waals surface area (Å²) in [7, 11) is 0. The van der Waals surface area contributed by atoms with E-state index < -0.39 is 35.6 Å². The van der Waals surface area contributed by atoms with Gasteiger partial charge in [0.05, 0.1) is 26.4 Å². The van der Waals surface area contributed by atoms with Crippen LogP contribution in [-0.4, -0.2) is 106 Å². The minimum Gasteiger partial charge on any atom is -0.481 e. The van der Waals surface area contributed by atoms with Crippen LogP contribution in [0.3, 0.4) is 0 Å². The summed E-state index contributed by atoms with van der Waals surface area (Å²) in [4.78, 5) is 60.0. The SMILES string of the molecule is CC(C)(C)OC(=O)C(CCC(=O)O)NC(=O)CCC(=O)NCCCOCCOCCOCCCNC(=O)OCC1c2ccccc2-c2ccccc21. The van der Waals surface area contributed by atoms with E-state index in [2.05, 4.69) is 40.2 Å². The van der Waals surface area contributed by atoms with Crippen molar-refractivity contribution in [3.63, 3.8) is 0 Å². The molecular weight excluding hydrogens is 674 g/mol. The predicted octanol–water partition coefficient (Wildman–Crippen LogP) is 3.94. The van der Waals surface area contributed by atoms with Gasteiger partial charge in [0.25, 0.3) is 0 Å². The lowest BCUT2D eigenvalue weighted by atomic mass is 9.98. The Bertz CT molecular complexity index is 1410. The Morgan fingerprint density at radius 1 is 0.712 bits per heavy atom. The largest absolute Gasteiger partial charge is 0.481 e. The number of carbonyl (C=O) groups is 5. The van der Waals surface area contributed by atoms with Crippen LogP contribution in [0.2, 0.25) is 0 Å². The summed E-state index contributed by atoms with van der Waals surface area (Å²) in [5.41, 5.74) is 3.92. The number of benzene rings is 2. The second-order valence-corrected chi connectivity index (χ2v) is 13.2. The summed E-state index contributed by atoms with van der Waals surface area (Å²) in [6.45, 7) is 8.58. The van der Waals surface area contributed by atoms with E-state index in [1.54, 1.807) is 20.8 Å². The number of carboxylic acids is 1. The Kier molecular flexibility index (Phi) is 18.1. The van der Waals surface area contributed by atoms with Crippen LogP contribution in [0, 0.1) is 0 Å². The molecule has 0 fully saturated rings. The second kappa shape index (κ2) is 22.4. The number of nitrogens with one attached hydrogen (secondary N) is 3. The summed E-state index contributed by atoms with van der Waals surface area (Å²) < 4.78 is 27.4. The zero-order chi connectivity index (χ0) is 37.8. The van der Waals surface area contributed by atoms with Crippen molar-refractivity contribution >= 4 is 29.8 Å². The Morgan fingerprint density at radius 2 is 1.23 bits per heavy atom. The summed E-state index contributed by atoms with van der Waals surface area (Å²) in [6, 6.07) is 15.3. The molecule has 1 unspecified atom stereocenters. The zero-order valence-corrected chi connectivity index (χ0v) is 30.4. The molecule has 1 aliphatic carbocycles. The standard InChI is InChI=1S/C38H53N3O11/c1-38(2,3)52-36(46)32(14-17-35(44)45)41-34(43)16-15-33(42)39-18-8-20-48-22-24-50-25-23-49-21-9-19-40-37(47)51-26-31-29-12-6-4-10-27(29)28-11-5-7-13-30(28)31/h4-7,10-13,31-32H,8-9,14-26H2,1-3H3,(H,39,42)(H,40,47)(H,41,43)(H,44,45). The lowest BCUT2D eigenvalue weighted by molar-refractivity contribution is -0.159. The van der Waals surface area contributed by atoms with Crippen LogP contribution in [0.1, 0.15) is 76.3 Å². The number of amides is 3. The van der Waals surface area contributed by atoms with Gasteiger partial charge in [-0.3, -0.25) is 14.4 Å². The first-order valence-electron chi connectivity index (χ1n) is 17.8. The molecule has 0 aromatic heterocycles. The van der Waals surface area contributed by atoms with Crippen LogP contribution < -0.4 is 16.0 Å². The van der Waals surface area contributed by atoms with Crippen molar-refractivity contribution in [1.82, 2.24) is 16.0 Å². The summed E-state index contributed by atoms with van der Waals surface area (Å²) >= 11 is 0. The molecular formula is C38H53N3O11. The van der Waals surface area contributed by atoms with Crippen LogP contribution in [0.4, 0.5) is 4.79 Å². The number of carboxylic acid groups (broad SMARTS) is 1. The molecule has 0 bridgehead atoms. The lowest BCUT2D eigenvalue weighted by Crippen LogP contribution is -2.44. The molecule has 286 valence electrons. The summed E-state index contributed by atoms with van der Waals surface area (Å²) in [5, 5.41) is 16.9. The van der Waals surface area contributed by atoms with Crippen molar-refractivity contribution in [2.24, 2.45) is 0 Å². The van der Waals surface area contributed by atoms with Gasteiger partial charge in [0, 0.05) is 51.5 Å². The Morgan fingerprint density at radius 3 is 1.79 bits per heavy atom. The van der Waals surface area contributed by atoms with Crippen LogP contribution >= 0.6 is 0 Å². The molecule has 0 saturated carbocycles. The van der Waals surface area contributed by atoms with Gasteiger partial charge in [0.15, 0.2) is 0 Å². The van der Waals surface area contributed by atoms with E-state index in [-0.39, 0.29) is 44.1 Å². The molecule has 14 heteroatoms. The van der Waals surface area contributed by atoms with E-state index in [0.29, 0.717) is 65.6 Å². The van der Waals surface area contributed by atoms with Crippen LogP contribution in [0.15, 0.2) is 48.5 Å². The second-order valence-electron chi connectivity index (χ2n) is 13.2. The summed E-state index contributed by atoms with van der Waals surface area (Å²) in [5.74, 6) is -2.68. The zero-order valence-electron chi connectivity index (χ0n) is 30.4. The first-order valence-corrected chi connectivity index (χ1v) is 17.8. The molecule has 3 rings (SSSR count). The molecule has 1 atom stereocenters. The molecule has 0 spiro atoms. The normalized spacial score (nSPS) is 12.7. The van der Waals surface area contributed by atoms with E-state index in [0.717, 1.165) is 0 Å². The number of hydrogen-bond acceptors (Lipinski definition) is 10. The van der Waals surface area contributed by atoms with Gasteiger partial charge in [0.2, 0.25) is 11.8 Å². The highest BCUT2D eigenvalue weighted by Crippen LogP contribution is 2.44. The van der Waals surface area contributed by atoms with Crippen molar-refractivity contribution in [2.45, 2.75) is 76.9 Å². The van der Waals surface area contributed by atoms with E-state index in [1.807, 2.05) is 24.3 Å². The number of carbonyl (C=O) groups excluding carboxylic acids is 4. The monoisotopic (exact) mass is 727 g/mol. The van der Waals surface area contributed by atoms with Gasteiger partial charge in [-0.2, -0.15) is 0 Å². The lowest BCUT2D eigenvalue weighted by Gasteiger charge is -2.24. The van der Waals surface area contributed by atoms with E-state index in [4.69, 9.17) is 28.8 Å². The predicted molar refractivity (Wildman–Crippen MR) is 192 cm³/mol. The number of alkyl carbamates (subject to hydrolysis) is 1. The highest BCUT2D eigenvalue weighted by Gasteiger charge is 2.29. The summed E-state index contributed by atoms with van der Waals surface area (Å²) in [6.07, 6.45) is 0.0824. The first-order chi connectivity index (χ1) is 24.9. The number of aliphatic carboxylic acids is 1. The van der Waals surface area contributed by atoms with Gasteiger partial charge >= 0.3 is 18.0 Å². The van der Waals surface area contributed by atoms with E-state index in [9.17, 15) is 24.0 Å². The van der Waals surface area contributed by atoms with E-state index >= 15 is 0 Å². The molecule has 14 nitrogen and oxygen atoms in total. The highest BCUT2D eigenvalue weighted by molar-refractivity contribution is 5.87. The fraction of sp³-hybridized carbons (Fsp3) is 0.553. The number of ether oxygens (including phenoxy) is 5. The van der Waals surface area contributed by atoms with Gasteiger partial charge < -0.3 is 44.7 Å². The molecule has 0 aliphatic heterocycles. The highest BCUT2D eigenvalue weighted by atomic mass is 16.6. The van der Waals surface area contributed by atoms with Crippen molar-refractivity contribution in [3.8, 4) is 11.1 Å². The van der Waals surface area contributed by atoms with Crippen molar-refractivity contribution in [3.05, 3.63) is 59.7 Å². The molecule has 4 N–H and O–H groups in total. The fourth-order valence-corrected chi connectivity index (χ4v) is 5.43. The number of esters is 1. The number of hydrogen-bond donors (Lipinski definition) is 4. The minimum atomic E-state index is -1.11. The van der Waals surface area contributed by atoms with Gasteiger partial charge in [-0.1, -0.05) is 48.5 Å². The number of fused-ring (bicyclic) bond motifs is 3. The Hall–Kier alpha value is -4.53. The van der Waals surface area contributed by atoms with Gasteiger partial charge in [0.1, 0.15) is 18.2 Å². The molecule has 1 aliphatic rings. The van der Waals surface area contributed by atoms with Crippen molar-refractivity contribution in [1.29, 1.82) is 0 Å². The third-order valence-electron chi connectivity index (χ3n) is 7.86. The average molecular weight is 728 g/mol.